The van der Waals surface area contributed by atoms with Gasteiger partial charge in [-0.25, -0.2) is 4.98 Å². The Morgan fingerprint density at radius 1 is 0.977 bits per heavy atom. The Morgan fingerprint density at radius 3 is 2.27 bits per heavy atom. The van der Waals surface area contributed by atoms with Gasteiger partial charge < -0.3 is 36.5 Å². The summed E-state index contributed by atoms with van der Waals surface area (Å²) in [5, 5.41) is 31.8. The van der Waals surface area contributed by atoms with Crippen LogP contribution in [0.15, 0.2) is 67.0 Å². The van der Waals surface area contributed by atoms with Gasteiger partial charge in [0, 0.05) is 31.0 Å². The Hall–Kier alpha value is -4.06. The Balaban J connectivity index is 1.34. The summed E-state index contributed by atoms with van der Waals surface area (Å²) in [7, 11) is 0. The highest BCUT2D eigenvalue weighted by atomic mass is 16.3. The minimum Gasteiger partial charge on any atom is -0.388 e. The number of hydrogen-bond acceptors (Lipinski definition) is 9. The molecular weight excluding hydrogens is 556 g/mol. The van der Waals surface area contributed by atoms with Crippen molar-refractivity contribution in [2.45, 2.75) is 87.7 Å². The number of carbonyl (C=O) groups excluding carboxylic acids is 1. The molecule has 44 heavy (non-hydrogen) atoms. The van der Waals surface area contributed by atoms with E-state index >= 15 is 0 Å². The summed E-state index contributed by atoms with van der Waals surface area (Å²) in [6, 6.07) is 20.1. The summed E-state index contributed by atoms with van der Waals surface area (Å²) >= 11 is 0. The van der Waals surface area contributed by atoms with Gasteiger partial charge in [-0.05, 0) is 43.2 Å². The largest absolute Gasteiger partial charge is 0.388 e. The van der Waals surface area contributed by atoms with Crippen LogP contribution in [0, 0.1) is 0 Å². The quantitative estimate of drug-likeness (QED) is 0.161. The molecule has 232 valence electrons. The Labute approximate surface area is 257 Å². The van der Waals surface area contributed by atoms with Gasteiger partial charge in [0.15, 0.2) is 17.0 Å². The lowest BCUT2D eigenvalue weighted by atomic mass is 9.91. The fraction of sp³-hybridized carbons (Fsp3) is 0.455. The van der Waals surface area contributed by atoms with Gasteiger partial charge in [0.1, 0.15) is 12.2 Å². The maximum Gasteiger partial charge on any atom is 0.227 e. The Morgan fingerprint density at radius 2 is 1.64 bits per heavy atom. The van der Waals surface area contributed by atoms with Crippen molar-refractivity contribution in [3.8, 4) is 0 Å². The van der Waals surface area contributed by atoms with Crippen molar-refractivity contribution in [2.75, 3.05) is 17.2 Å². The van der Waals surface area contributed by atoms with Gasteiger partial charge in [0.25, 0.3) is 0 Å². The van der Waals surface area contributed by atoms with Crippen molar-refractivity contribution >= 4 is 28.8 Å². The minimum atomic E-state index is -1.10. The number of anilines is 2. The standard InChI is InChI=1S/C33H42N8O3/c1-2-27(42)38-25-17-26(30(44)29(25)43)41-19-36-28-31(39-33(40-32(28)41)37-23-15-13-22(34)14-16-23)35-18-24(20-9-5-3-6-10-20)21-11-7-4-8-12-21/h3-12,19,22-26,29-30,43-44H,2,13-18,34H2,1H3,(H,38,42)(H2,35,37,39,40)/t22?,23?,25-,26?,29+,30-/m0/s1. The smallest absolute Gasteiger partial charge is 0.227 e. The number of rotatable bonds is 10. The van der Waals surface area contributed by atoms with Crippen LogP contribution in [0.3, 0.4) is 0 Å². The summed E-state index contributed by atoms with van der Waals surface area (Å²) in [4.78, 5) is 26.6. The van der Waals surface area contributed by atoms with Gasteiger partial charge in [-0.15, -0.1) is 0 Å². The van der Waals surface area contributed by atoms with Gasteiger partial charge in [0.2, 0.25) is 11.9 Å². The number of imidazole rings is 1. The fourth-order valence-corrected chi connectivity index (χ4v) is 6.53. The van der Waals surface area contributed by atoms with E-state index in [2.05, 4.69) is 40.2 Å². The number of nitrogens with two attached hydrogens (primary N) is 1. The SMILES string of the molecule is CCC(=O)N[C@H]1CC(n2cnc3c(NCC(c4ccccc4)c4ccccc4)nc(NC4CCC(N)CC4)nc32)[C@H](O)[C@@H]1O. The van der Waals surface area contributed by atoms with E-state index < -0.39 is 24.3 Å². The highest BCUT2D eigenvalue weighted by molar-refractivity contribution is 5.84. The summed E-state index contributed by atoms with van der Waals surface area (Å²) in [5.41, 5.74) is 9.64. The maximum absolute atomic E-state index is 12.1. The molecule has 2 aliphatic carbocycles. The molecule has 0 bridgehead atoms. The Bertz CT molecular complexity index is 1500. The number of amides is 1. The zero-order chi connectivity index (χ0) is 30.6. The molecule has 0 radical (unpaired) electrons. The third-order valence-corrected chi connectivity index (χ3v) is 9.08. The van der Waals surface area contributed by atoms with Crippen molar-refractivity contribution in [1.82, 2.24) is 24.8 Å². The lowest BCUT2D eigenvalue weighted by Crippen LogP contribution is -2.42. The molecule has 2 heterocycles. The van der Waals surface area contributed by atoms with E-state index in [9.17, 15) is 15.0 Å². The van der Waals surface area contributed by atoms with E-state index in [0.29, 0.717) is 42.3 Å². The van der Waals surface area contributed by atoms with Gasteiger partial charge in [-0.1, -0.05) is 67.6 Å². The second kappa shape index (κ2) is 13.3. The molecule has 6 rings (SSSR count). The molecule has 4 aromatic rings. The number of fused-ring (bicyclic) bond motifs is 1. The van der Waals surface area contributed by atoms with Crippen LogP contribution in [0.4, 0.5) is 11.8 Å². The molecular formula is C33H42N8O3. The molecule has 2 aliphatic rings. The van der Waals surface area contributed by atoms with E-state index in [1.54, 1.807) is 13.3 Å². The van der Waals surface area contributed by atoms with E-state index in [1.165, 1.54) is 11.1 Å². The van der Waals surface area contributed by atoms with Crippen LogP contribution < -0.4 is 21.7 Å². The summed E-state index contributed by atoms with van der Waals surface area (Å²) in [6.07, 6.45) is 3.83. The number of hydrogen-bond donors (Lipinski definition) is 6. The molecule has 1 unspecified atom stereocenters. The molecule has 0 aliphatic heterocycles. The number of nitrogens with one attached hydrogen (secondary N) is 3. The molecule has 4 atom stereocenters. The van der Waals surface area contributed by atoms with Crippen molar-refractivity contribution in [3.63, 3.8) is 0 Å². The molecule has 2 aromatic carbocycles. The number of aliphatic hydroxyl groups is 2. The molecule has 0 saturated heterocycles. The third-order valence-electron chi connectivity index (χ3n) is 9.08. The summed E-state index contributed by atoms with van der Waals surface area (Å²) in [5.74, 6) is 0.957. The summed E-state index contributed by atoms with van der Waals surface area (Å²) < 4.78 is 1.81. The van der Waals surface area contributed by atoms with Gasteiger partial charge in [-0.2, -0.15) is 9.97 Å². The zero-order valence-electron chi connectivity index (χ0n) is 25.0. The normalized spacial score (nSPS) is 25.3. The van der Waals surface area contributed by atoms with E-state index in [4.69, 9.17) is 20.7 Å². The molecule has 2 saturated carbocycles. The second-order valence-corrected chi connectivity index (χ2v) is 12.0. The number of aromatic nitrogens is 4. The van der Waals surface area contributed by atoms with Gasteiger partial charge in [-0.3, -0.25) is 4.79 Å². The molecule has 0 spiro atoms. The van der Waals surface area contributed by atoms with Crippen molar-refractivity contribution in [2.24, 2.45) is 5.73 Å². The first-order chi connectivity index (χ1) is 21.4. The molecule has 11 nitrogen and oxygen atoms in total. The van der Waals surface area contributed by atoms with E-state index in [-0.39, 0.29) is 23.9 Å². The molecule has 2 aromatic heterocycles. The average Bonchev–Trinajstić information content (AvgIpc) is 3.59. The fourth-order valence-electron chi connectivity index (χ4n) is 6.53. The summed E-state index contributed by atoms with van der Waals surface area (Å²) in [6.45, 7) is 2.33. The topological polar surface area (TPSA) is 163 Å². The number of carbonyl (C=O) groups is 1. The predicted molar refractivity (Wildman–Crippen MR) is 170 cm³/mol. The number of benzene rings is 2. The molecule has 7 N–H and O–H groups in total. The van der Waals surface area contributed by atoms with Crippen molar-refractivity contribution < 1.29 is 15.0 Å². The highest BCUT2D eigenvalue weighted by Gasteiger charge is 2.43. The first-order valence-electron chi connectivity index (χ1n) is 15.7. The molecule has 2 fully saturated rings. The van der Waals surface area contributed by atoms with E-state index in [1.807, 2.05) is 41.0 Å². The van der Waals surface area contributed by atoms with Crippen LogP contribution in [0.25, 0.3) is 11.2 Å². The Kier molecular flexibility index (Phi) is 9.06. The van der Waals surface area contributed by atoms with Crippen LogP contribution in [0.2, 0.25) is 0 Å². The van der Waals surface area contributed by atoms with Crippen LogP contribution in [-0.2, 0) is 4.79 Å². The zero-order valence-corrected chi connectivity index (χ0v) is 25.0. The second-order valence-electron chi connectivity index (χ2n) is 12.0. The molecule has 1 amide bonds. The molecule has 11 heteroatoms. The van der Waals surface area contributed by atoms with Crippen molar-refractivity contribution in [1.29, 1.82) is 0 Å². The van der Waals surface area contributed by atoms with Crippen LogP contribution >= 0.6 is 0 Å². The third kappa shape index (κ3) is 6.40. The number of nitrogens with zero attached hydrogens (tertiary/aromatic N) is 4. The highest BCUT2D eigenvalue weighted by Crippen LogP contribution is 2.35. The maximum atomic E-state index is 12.1. The minimum absolute atomic E-state index is 0.0653. The van der Waals surface area contributed by atoms with Crippen LogP contribution in [0.1, 0.15) is 68.5 Å². The van der Waals surface area contributed by atoms with E-state index in [0.717, 1.165) is 25.7 Å². The first kappa shape index (κ1) is 30.0. The van der Waals surface area contributed by atoms with Crippen molar-refractivity contribution in [3.05, 3.63) is 78.1 Å². The lowest BCUT2D eigenvalue weighted by Gasteiger charge is -2.27. The lowest BCUT2D eigenvalue weighted by molar-refractivity contribution is -0.122. The van der Waals surface area contributed by atoms with Crippen LogP contribution in [-0.4, -0.2) is 72.5 Å². The predicted octanol–water partition coefficient (Wildman–Crippen LogP) is 3.31. The first-order valence-corrected chi connectivity index (χ1v) is 15.7. The van der Waals surface area contributed by atoms with Gasteiger partial charge >= 0.3 is 0 Å². The van der Waals surface area contributed by atoms with Crippen LogP contribution in [0.5, 0.6) is 0 Å². The number of aliphatic hydroxyl groups excluding tert-OH is 2. The average molecular weight is 599 g/mol. The van der Waals surface area contributed by atoms with Gasteiger partial charge in [0.05, 0.1) is 18.4 Å². The monoisotopic (exact) mass is 598 g/mol.